The van der Waals surface area contributed by atoms with Crippen LogP contribution in [0.25, 0.3) is 0 Å². The summed E-state index contributed by atoms with van der Waals surface area (Å²) in [7, 11) is 0. The molecular weight excluding hydrogens is 218 g/mol. The molecular formula is C11H19N5O. The number of nitrogens with zero attached hydrogens (tertiary/aromatic N) is 2. The van der Waals surface area contributed by atoms with Gasteiger partial charge in [-0.1, -0.05) is 6.92 Å². The van der Waals surface area contributed by atoms with Crippen molar-refractivity contribution in [2.75, 3.05) is 30.5 Å². The summed E-state index contributed by atoms with van der Waals surface area (Å²) in [6, 6.07) is 1.79. The maximum atomic E-state index is 5.37. The lowest BCUT2D eigenvalue weighted by Gasteiger charge is -2.33. The Morgan fingerprint density at radius 3 is 2.76 bits per heavy atom. The van der Waals surface area contributed by atoms with Crippen molar-refractivity contribution >= 4 is 11.6 Å². The first-order chi connectivity index (χ1) is 8.22. The highest BCUT2D eigenvalue weighted by molar-refractivity contribution is 5.45. The molecule has 0 radical (unpaired) electrons. The highest BCUT2D eigenvalue weighted by Gasteiger charge is 2.27. The van der Waals surface area contributed by atoms with Crippen LogP contribution in [-0.2, 0) is 4.74 Å². The first kappa shape index (κ1) is 12.1. The molecule has 0 atom stereocenters. The molecule has 0 bridgehead atoms. The summed E-state index contributed by atoms with van der Waals surface area (Å²) in [6.45, 7) is 4.85. The molecule has 1 aliphatic heterocycles. The van der Waals surface area contributed by atoms with E-state index in [9.17, 15) is 0 Å². The fraction of sp³-hybridized carbons (Fsp3) is 0.636. The van der Waals surface area contributed by atoms with Crippen LogP contribution >= 0.6 is 0 Å². The molecule has 17 heavy (non-hydrogen) atoms. The summed E-state index contributed by atoms with van der Waals surface area (Å²) in [5.74, 6) is 6.70. The van der Waals surface area contributed by atoms with Gasteiger partial charge in [-0.2, -0.15) is 0 Å². The number of nitrogen functional groups attached to an aromatic ring is 1. The Morgan fingerprint density at radius 1 is 1.35 bits per heavy atom. The normalized spacial score (nSPS) is 18.7. The fourth-order valence-corrected chi connectivity index (χ4v) is 1.88. The van der Waals surface area contributed by atoms with Gasteiger partial charge in [0, 0.05) is 25.8 Å². The quantitative estimate of drug-likeness (QED) is 0.535. The summed E-state index contributed by atoms with van der Waals surface area (Å²) >= 11 is 0. The van der Waals surface area contributed by atoms with E-state index in [2.05, 4.69) is 27.6 Å². The van der Waals surface area contributed by atoms with Crippen molar-refractivity contribution in [2.24, 2.45) is 11.3 Å². The van der Waals surface area contributed by atoms with Crippen LogP contribution in [0.5, 0.6) is 0 Å². The Kier molecular flexibility index (Phi) is 3.75. The first-order valence-corrected chi connectivity index (χ1v) is 5.82. The fourth-order valence-electron chi connectivity index (χ4n) is 1.88. The summed E-state index contributed by atoms with van der Waals surface area (Å²) in [4.78, 5) is 8.12. The van der Waals surface area contributed by atoms with Crippen molar-refractivity contribution in [3.05, 3.63) is 12.4 Å². The minimum atomic E-state index is 0.277. The average molecular weight is 237 g/mol. The lowest BCUT2D eigenvalue weighted by molar-refractivity contribution is 0.0300. The lowest BCUT2D eigenvalue weighted by Crippen LogP contribution is -2.33. The Bertz CT molecular complexity index is 365. The van der Waals surface area contributed by atoms with Crippen molar-refractivity contribution in [3.63, 3.8) is 0 Å². The highest BCUT2D eigenvalue weighted by atomic mass is 16.5. The number of hydrogen-bond acceptors (Lipinski definition) is 6. The zero-order valence-corrected chi connectivity index (χ0v) is 10.1. The van der Waals surface area contributed by atoms with Gasteiger partial charge in [-0.25, -0.2) is 15.8 Å². The van der Waals surface area contributed by atoms with Gasteiger partial charge in [0.2, 0.25) is 0 Å². The van der Waals surface area contributed by atoms with E-state index in [1.54, 1.807) is 6.07 Å². The van der Waals surface area contributed by atoms with E-state index in [0.29, 0.717) is 5.82 Å². The Morgan fingerprint density at radius 2 is 2.06 bits per heavy atom. The monoisotopic (exact) mass is 237 g/mol. The average Bonchev–Trinajstić information content (AvgIpc) is 2.38. The molecule has 6 nitrogen and oxygen atoms in total. The number of nitrogens with two attached hydrogens (primary N) is 1. The van der Waals surface area contributed by atoms with Gasteiger partial charge in [0.05, 0.1) is 0 Å². The van der Waals surface area contributed by atoms with E-state index in [1.165, 1.54) is 6.33 Å². The van der Waals surface area contributed by atoms with Crippen LogP contribution < -0.4 is 16.6 Å². The van der Waals surface area contributed by atoms with Gasteiger partial charge in [0.15, 0.2) is 0 Å². The Balaban J connectivity index is 1.92. The predicted octanol–water partition coefficient (Wildman–Crippen LogP) is 0.991. The highest BCUT2D eigenvalue weighted by Crippen LogP contribution is 2.29. The van der Waals surface area contributed by atoms with Gasteiger partial charge in [-0.05, 0) is 18.3 Å². The number of anilines is 2. The molecule has 0 spiro atoms. The molecule has 1 saturated heterocycles. The van der Waals surface area contributed by atoms with Crippen LogP contribution in [0.1, 0.15) is 19.8 Å². The third kappa shape index (κ3) is 3.28. The first-order valence-electron chi connectivity index (χ1n) is 5.82. The number of ether oxygens (including phenoxy) is 1. The number of hydrazine groups is 1. The Hall–Kier alpha value is -1.40. The third-order valence-corrected chi connectivity index (χ3v) is 3.21. The molecule has 1 aliphatic rings. The molecule has 2 heterocycles. The molecule has 0 amide bonds. The zero-order chi connectivity index (χ0) is 12.1. The molecule has 1 fully saturated rings. The maximum absolute atomic E-state index is 5.37. The van der Waals surface area contributed by atoms with Crippen LogP contribution in [-0.4, -0.2) is 29.7 Å². The molecule has 1 aromatic heterocycles. The molecule has 94 valence electrons. The minimum absolute atomic E-state index is 0.277. The maximum Gasteiger partial charge on any atom is 0.145 e. The Labute approximate surface area is 101 Å². The van der Waals surface area contributed by atoms with Crippen molar-refractivity contribution in [1.82, 2.24) is 9.97 Å². The molecule has 0 aliphatic carbocycles. The topological polar surface area (TPSA) is 85.1 Å². The van der Waals surface area contributed by atoms with Crippen molar-refractivity contribution in [2.45, 2.75) is 19.8 Å². The van der Waals surface area contributed by atoms with Gasteiger partial charge >= 0.3 is 0 Å². The molecule has 0 unspecified atom stereocenters. The van der Waals surface area contributed by atoms with Crippen molar-refractivity contribution < 1.29 is 4.74 Å². The smallest absolute Gasteiger partial charge is 0.145 e. The molecule has 0 aromatic carbocycles. The summed E-state index contributed by atoms with van der Waals surface area (Å²) in [5, 5.41) is 3.33. The predicted molar refractivity (Wildman–Crippen MR) is 66.5 cm³/mol. The second kappa shape index (κ2) is 5.29. The third-order valence-electron chi connectivity index (χ3n) is 3.21. The van der Waals surface area contributed by atoms with Crippen molar-refractivity contribution in [1.29, 1.82) is 0 Å². The standard InChI is InChI=1S/C11H19N5O/c1-11(2-4-17-5-3-11)7-13-9-6-10(16-12)15-8-14-9/h6,8H,2-5,7,12H2,1H3,(H2,13,14,15,16). The summed E-state index contributed by atoms with van der Waals surface area (Å²) in [6.07, 6.45) is 3.64. The lowest BCUT2D eigenvalue weighted by atomic mass is 9.82. The summed E-state index contributed by atoms with van der Waals surface area (Å²) in [5.41, 5.74) is 2.78. The zero-order valence-electron chi connectivity index (χ0n) is 10.1. The van der Waals surface area contributed by atoms with E-state index in [-0.39, 0.29) is 5.41 Å². The van der Waals surface area contributed by atoms with Gasteiger partial charge in [0.1, 0.15) is 18.0 Å². The number of nitrogens with one attached hydrogen (secondary N) is 2. The minimum Gasteiger partial charge on any atom is -0.381 e. The van der Waals surface area contributed by atoms with E-state index in [0.717, 1.165) is 38.4 Å². The second-order valence-electron chi connectivity index (χ2n) is 4.71. The van der Waals surface area contributed by atoms with Gasteiger partial charge in [-0.3, -0.25) is 0 Å². The largest absolute Gasteiger partial charge is 0.381 e. The van der Waals surface area contributed by atoms with Crippen LogP contribution in [0.3, 0.4) is 0 Å². The van der Waals surface area contributed by atoms with E-state index in [1.807, 2.05) is 0 Å². The van der Waals surface area contributed by atoms with Crippen LogP contribution in [0, 0.1) is 5.41 Å². The van der Waals surface area contributed by atoms with E-state index < -0.39 is 0 Å². The van der Waals surface area contributed by atoms with Gasteiger partial charge in [-0.15, -0.1) is 0 Å². The number of hydrogen-bond donors (Lipinski definition) is 3. The van der Waals surface area contributed by atoms with Crippen LogP contribution in [0.15, 0.2) is 12.4 Å². The second-order valence-corrected chi connectivity index (χ2v) is 4.71. The van der Waals surface area contributed by atoms with Crippen LogP contribution in [0.2, 0.25) is 0 Å². The van der Waals surface area contributed by atoms with Crippen molar-refractivity contribution in [3.8, 4) is 0 Å². The number of aromatic nitrogens is 2. The molecule has 4 N–H and O–H groups in total. The van der Waals surface area contributed by atoms with E-state index >= 15 is 0 Å². The molecule has 0 saturated carbocycles. The van der Waals surface area contributed by atoms with Gasteiger partial charge in [0.25, 0.3) is 0 Å². The molecule has 1 aromatic rings. The van der Waals surface area contributed by atoms with Crippen LogP contribution in [0.4, 0.5) is 11.6 Å². The van der Waals surface area contributed by atoms with E-state index in [4.69, 9.17) is 10.6 Å². The number of rotatable bonds is 4. The molecule has 6 heteroatoms. The SMILES string of the molecule is CC1(CNc2cc(NN)ncn2)CCOCC1. The molecule has 2 rings (SSSR count). The van der Waals surface area contributed by atoms with Gasteiger partial charge < -0.3 is 15.5 Å². The summed E-state index contributed by atoms with van der Waals surface area (Å²) < 4.78 is 5.37.